The lowest BCUT2D eigenvalue weighted by molar-refractivity contribution is -0.310. The second-order valence-corrected chi connectivity index (χ2v) is 6.61. The van der Waals surface area contributed by atoms with E-state index in [1.165, 1.54) is 6.08 Å². The molecule has 0 aromatic carbocycles. The van der Waals surface area contributed by atoms with E-state index in [0.717, 1.165) is 0 Å². The Morgan fingerprint density at radius 3 is 2.52 bits per heavy atom. The molecule has 1 aliphatic rings. The van der Waals surface area contributed by atoms with Gasteiger partial charge in [-0.05, 0) is 24.7 Å². The predicted octanol–water partition coefficient (Wildman–Crippen LogP) is -0.661. The van der Waals surface area contributed by atoms with Gasteiger partial charge >= 0.3 is 0 Å². The highest BCUT2D eigenvalue weighted by atomic mass is 16.4. The molecule has 0 heterocycles. The molecule has 1 amide bonds. The molecule has 0 unspecified atom stereocenters. The SMILES string of the molecule is CC[C@H](C)[C@H](NC(=O)C[C@H]1CCC(=O)[C@H]1C/C=C\CC(=O)[O-])C(=O)[O-]. The zero-order chi connectivity index (χ0) is 19.0. The summed E-state index contributed by atoms with van der Waals surface area (Å²) in [6.45, 7) is 3.56. The first-order valence-corrected chi connectivity index (χ1v) is 8.64. The highest BCUT2D eigenvalue weighted by Crippen LogP contribution is 2.34. The fraction of sp³-hybridized carbons (Fsp3) is 0.667. The monoisotopic (exact) mass is 351 g/mol. The molecule has 0 saturated heterocycles. The van der Waals surface area contributed by atoms with Crippen LogP contribution >= 0.6 is 0 Å². The van der Waals surface area contributed by atoms with Crippen molar-refractivity contribution in [2.45, 2.75) is 58.4 Å². The van der Waals surface area contributed by atoms with Gasteiger partial charge in [0.1, 0.15) is 5.78 Å². The van der Waals surface area contributed by atoms with Crippen LogP contribution in [0.2, 0.25) is 0 Å². The average molecular weight is 351 g/mol. The Morgan fingerprint density at radius 2 is 1.96 bits per heavy atom. The summed E-state index contributed by atoms with van der Waals surface area (Å²) < 4.78 is 0. The minimum atomic E-state index is -1.31. The van der Waals surface area contributed by atoms with E-state index in [2.05, 4.69) is 5.32 Å². The number of nitrogens with one attached hydrogen (secondary N) is 1. The van der Waals surface area contributed by atoms with Crippen molar-refractivity contribution in [1.82, 2.24) is 5.32 Å². The second-order valence-electron chi connectivity index (χ2n) is 6.61. The van der Waals surface area contributed by atoms with Crippen LogP contribution in [0.15, 0.2) is 12.2 Å². The van der Waals surface area contributed by atoms with Crippen LogP contribution in [0, 0.1) is 17.8 Å². The molecule has 7 nitrogen and oxygen atoms in total. The molecule has 0 aromatic rings. The Kier molecular flexibility index (Phi) is 8.31. The minimum Gasteiger partial charge on any atom is -0.550 e. The van der Waals surface area contributed by atoms with Gasteiger partial charge in [-0.15, -0.1) is 0 Å². The first kappa shape index (κ1) is 20.9. The van der Waals surface area contributed by atoms with Crippen molar-refractivity contribution in [2.75, 3.05) is 0 Å². The van der Waals surface area contributed by atoms with Gasteiger partial charge in [0.25, 0.3) is 0 Å². The summed E-state index contributed by atoms with van der Waals surface area (Å²) in [4.78, 5) is 45.7. The molecule has 0 spiro atoms. The Morgan fingerprint density at radius 1 is 1.28 bits per heavy atom. The van der Waals surface area contributed by atoms with Gasteiger partial charge < -0.3 is 25.1 Å². The summed E-state index contributed by atoms with van der Waals surface area (Å²) in [5.41, 5.74) is 0. The Balaban J connectivity index is 2.61. The third-order valence-electron chi connectivity index (χ3n) is 4.82. The van der Waals surface area contributed by atoms with Crippen LogP contribution < -0.4 is 15.5 Å². The van der Waals surface area contributed by atoms with Crippen molar-refractivity contribution in [2.24, 2.45) is 17.8 Å². The number of hydrogen-bond donors (Lipinski definition) is 1. The molecule has 1 saturated carbocycles. The Bertz CT molecular complexity index is 542. The van der Waals surface area contributed by atoms with Crippen molar-refractivity contribution < 1.29 is 29.4 Å². The number of hydrogen-bond acceptors (Lipinski definition) is 6. The number of allylic oxidation sites excluding steroid dienone is 1. The first-order chi connectivity index (χ1) is 11.8. The largest absolute Gasteiger partial charge is 0.550 e. The Hall–Kier alpha value is -2.18. The summed E-state index contributed by atoms with van der Waals surface area (Å²) in [5, 5.41) is 24.0. The number of carboxylic acids is 2. The molecule has 1 fully saturated rings. The quantitative estimate of drug-likeness (QED) is 0.521. The maximum atomic E-state index is 12.2. The zero-order valence-electron chi connectivity index (χ0n) is 14.7. The van der Waals surface area contributed by atoms with Crippen LogP contribution in [-0.4, -0.2) is 29.7 Å². The minimum absolute atomic E-state index is 0.0503. The second kappa shape index (κ2) is 9.96. The fourth-order valence-electron chi connectivity index (χ4n) is 3.11. The number of Topliss-reactive ketones (excluding diaryl/α,β-unsaturated/α-hetero) is 1. The molecule has 0 aliphatic heterocycles. The number of carbonyl (C=O) groups is 4. The number of ketones is 1. The van der Waals surface area contributed by atoms with Crippen LogP contribution in [0.3, 0.4) is 0 Å². The maximum absolute atomic E-state index is 12.2. The van der Waals surface area contributed by atoms with E-state index in [1.807, 2.05) is 6.92 Å². The van der Waals surface area contributed by atoms with Crippen molar-refractivity contribution in [3.05, 3.63) is 12.2 Å². The normalized spacial score (nSPS) is 22.7. The summed E-state index contributed by atoms with van der Waals surface area (Å²) >= 11 is 0. The molecule has 1 aliphatic carbocycles. The predicted molar refractivity (Wildman–Crippen MR) is 85.6 cm³/mol. The molecule has 1 rings (SSSR count). The van der Waals surface area contributed by atoms with E-state index in [1.54, 1.807) is 13.0 Å². The van der Waals surface area contributed by atoms with Gasteiger partial charge in [0.2, 0.25) is 5.91 Å². The number of carboxylic acid groups (broad SMARTS) is 2. The number of carbonyl (C=O) groups excluding carboxylic acids is 4. The van der Waals surface area contributed by atoms with E-state index < -0.39 is 23.9 Å². The highest BCUT2D eigenvalue weighted by molar-refractivity contribution is 5.86. The molecule has 1 N–H and O–H groups in total. The molecular formula is C18H25NO6-2. The van der Waals surface area contributed by atoms with Crippen molar-refractivity contribution in [3.63, 3.8) is 0 Å². The van der Waals surface area contributed by atoms with Gasteiger partial charge in [0, 0.05) is 31.1 Å². The Labute approximate surface area is 147 Å². The van der Waals surface area contributed by atoms with Gasteiger partial charge in [-0.1, -0.05) is 32.4 Å². The van der Waals surface area contributed by atoms with Crippen molar-refractivity contribution >= 4 is 23.6 Å². The molecule has 140 valence electrons. The average Bonchev–Trinajstić information content (AvgIpc) is 2.88. The molecular weight excluding hydrogens is 326 g/mol. The molecule has 0 bridgehead atoms. The fourth-order valence-corrected chi connectivity index (χ4v) is 3.11. The van der Waals surface area contributed by atoms with Gasteiger partial charge in [0.15, 0.2) is 0 Å². The molecule has 25 heavy (non-hydrogen) atoms. The molecule has 0 aromatic heterocycles. The lowest BCUT2D eigenvalue weighted by atomic mass is 9.89. The third-order valence-corrected chi connectivity index (χ3v) is 4.82. The first-order valence-electron chi connectivity index (χ1n) is 8.64. The van der Waals surface area contributed by atoms with E-state index in [4.69, 9.17) is 0 Å². The van der Waals surface area contributed by atoms with Crippen LogP contribution in [0.4, 0.5) is 0 Å². The van der Waals surface area contributed by atoms with Gasteiger partial charge in [-0.2, -0.15) is 0 Å². The summed E-state index contributed by atoms with van der Waals surface area (Å²) in [7, 11) is 0. The zero-order valence-corrected chi connectivity index (χ0v) is 14.7. The lowest BCUT2D eigenvalue weighted by Gasteiger charge is -2.26. The number of rotatable bonds is 10. The van der Waals surface area contributed by atoms with Gasteiger partial charge in [0.05, 0.1) is 12.0 Å². The molecule has 0 radical (unpaired) electrons. The standard InChI is InChI=1S/C18H27NO6/c1-3-11(2)17(18(24)25)19-15(21)10-12-8-9-14(20)13(12)6-4-5-7-16(22)23/h4-5,11-13,17H,3,6-10H2,1-2H3,(H,19,21)(H,22,23)(H,24,25)/p-2/b5-4-/t11-,12+,13-,17-/m0/s1. The van der Waals surface area contributed by atoms with Crippen LogP contribution in [-0.2, 0) is 19.2 Å². The molecule has 4 atom stereocenters. The summed E-state index contributed by atoms with van der Waals surface area (Å²) in [5.74, 6) is -3.61. The van der Waals surface area contributed by atoms with Gasteiger partial charge in [-0.3, -0.25) is 9.59 Å². The maximum Gasteiger partial charge on any atom is 0.220 e. The van der Waals surface area contributed by atoms with Crippen LogP contribution in [0.5, 0.6) is 0 Å². The van der Waals surface area contributed by atoms with E-state index in [0.29, 0.717) is 25.7 Å². The van der Waals surface area contributed by atoms with E-state index in [-0.39, 0.29) is 36.4 Å². The van der Waals surface area contributed by atoms with E-state index >= 15 is 0 Å². The lowest BCUT2D eigenvalue weighted by Crippen LogP contribution is -2.51. The number of aliphatic carboxylic acids is 2. The van der Waals surface area contributed by atoms with E-state index in [9.17, 15) is 29.4 Å². The topological polar surface area (TPSA) is 126 Å². The number of amides is 1. The van der Waals surface area contributed by atoms with Crippen molar-refractivity contribution in [3.8, 4) is 0 Å². The van der Waals surface area contributed by atoms with Crippen molar-refractivity contribution in [1.29, 1.82) is 0 Å². The smallest absolute Gasteiger partial charge is 0.220 e. The van der Waals surface area contributed by atoms with Gasteiger partial charge in [-0.25, -0.2) is 0 Å². The van der Waals surface area contributed by atoms with Crippen LogP contribution in [0.1, 0.15) is 52.4 Å². The third kappa shape index (κ3) is 6.68. The molecule has 7 heteroatoms. The van der Waals surface area contributed by atoms with Crippen LogP contribution in [0.25, 0.3) is 0 Å². The summed E-state index contributed by atoms with van der Waals surface area (Å²) in [6, 6.07) is -1.05. The summed E-state index contributed by atoms with van der Waals surface area (Å²) in [6.07, 6.45) is 4.84. The highest BCUT2D eigenvalue weighted by Gasteiger charge is 2.35.